The summed E-state index contributed by atoms with van der Waals surface area (Å²) in [6.07, 6.45) is 1.64. The number of carbonyl (C=O) groups excluding carboxylic acids is 1. The summed E-state index contributed by atoms with van der Waals surface area (Å²) < 4.78 is 1.89. The average Bonchev–Trinajstić information content (AvgIpc) is 2.82. The highest BCUT2D eigenvalue weighted by Gasteiger charge is 2.29. The summed E-state index contributed by atoms with van der Waals surface area (Å²) in [6, 6.07) is -0.274. The Kier molecular flexibility index (Phi) is 3.41. The second-order valence-electron chi connectivity index (χ2n) is 5.21. The van der Waals surface area contributed by atoms with Gasteiger partial charge in [0, 0.05) is 19.6 Å². The van der Waals surface area contributed by atoms with Gasteiger partial charge in [-0.15, -0.1) is 10.2 Å². The molecule has 1 aliphatic heterocycles. The molecule has 19 heavy (non-hydrogen) atoms. The lowest BCUT2D eigenvalue weighted by Gasteiger charge is -2.28. The molecular weight excluding hydrogens is 250 g/mol. The molecule has 0 aliphatic carbocycles. The van der Waals surface area contributed by atoms with E-state index >= 15 is 0 Å². The van der Waals surface area contributed by atoms with Crippen LogP contribution in [0.4, 0.5) is 4.79 Å². The number of carbonyl (C=O) groups is 2. The molecule has 0 radical (unpaired) electrons. The minimum atomic E-state index is -0.981. The lowest BCUT2D eigenvalue weighted by atomic mass is 9.94. The minimum absolute atomic E-state index is 0.0877. The fraction of sp³-hybridized carbons (Fsp3) is 0.636. The highest BCUT2D eigenvalue weighted by atomic mass is 16.4. The van der Waals surface area contributed by atoms with E-state index in [1.807, 2.05) is 4.57 Å². The van der Waals surface area contributed by atoms with E-state index in [1.165, 1.54) is 0 Å². The Morgan fingerprint density at radius 1 is 1.47 bits per heavy atom. The molecule has 0 aromatic carbocycles. The molecule has 2 N–H and O–H groups in total. The third kappa shape index (κ3) is 2.83. The van der Waals surface area contributed by atoms with Gasteiger partial charge in [0.25, 0.3) is 0 Å². The van der Waals surface area contributed by atoms with Crippen LogP contribution in [0.2, 0.25) is 0 Å². The molecule has 8 heteroatoms. The number of fused-ring (bicyclic) bond motifs is 1. The molecule has 0 fully saturated rings. The molecule has 0 unspecified atom stereocenters. The van der Waals surface area contributed by atoms with Crippen molar-refractivity contribution in [2.24, 2.45) is 5.41 Å². The SMILES string of the molecule is CC(C)(CNC(=O)N1CCn2cnnc2C1)C(=O)O. The molecule has 2 heterocycles. The second kappa shape index (κ2) is 4.87. The minimum Gasteiger partial charge on any atom is -0.481 e. The van der Waals surface area contributed by atoms with Crippen molar-refractivity contribution in [3.63, 3.8) is 0 Å². The first-order valence-electron chi connectivity index (χ1n) is 6.03. The molecule has 1 aromatic heterocycles. The first kappa shape index (κ1) is 13.3. The van der Waals surface area contributed by atoms with Crippen LogP contribution in [0.3, 0.4) is 0 Å². The number of aromatic nitrogens is 3. The summed E-state index contributed by atoms with van der Waals surface area (Å²) in [7, 11) is 0. The van der Waals surface area contributed by atoms with Crippen molar-refractivity contribution in [3.8, 4) is 0 Å². The van der Waals surface area contributed by atoms with Gasteiger partial charge in [-0.2, -0.15) is 0 Å². The lowest BCUT2D eigenvalue weighted by molar-refractivity contribution is -0.146. The Morgan fingerprint density at radius 2 is 2.21 bits per heavy atom. The van der Waals surface area contributed by atoms with Gasteiger partial charge in [-0.3, -0.25) is 4.79 Å². The number of urea groups is 1. The first-order chi connectivity index (χ1) is 8.90. The highest BCUT2D eigenvalue weighted by Crippen LogP contribution is 2.14. The van der Waals surface area contributed by atoms with Gasteiger partial charge >= 0.3 is 12.0 Å². The summed E-state index contributed by atoms with van der Waals surface area (Å²) >= 11 is 0. The summed E-state index contributed by atoms with van der Waals surface area (Å²) in [5, 5.41) is 19.3. The molecule has 2 rings (SSSR count). The Labute approximate surface area is 110 Å². The molecular formula is C11H17N5O3. The molecule has 1 aliphatic rings. The summed E-state index contributed by atoms with van der Waals surface area (Å²) in [5.41, 5.74) is -0.981. The topological polar surface area (TPSA) is 100 Å². The lowest BCUT2D eigenvalue weighted by Crippen LogP contribution is -2.47. The smallest absolute Gasteiger partial charge is 0.317 e. The predicted molar refractivity (Wildman–Crippen MR) is 65.2 cm³/mol. The Morgan fingerprint density at radius 3 is 2.89 bits per heavy atom. The third-order valence-corrected chi connectivity index (χ3v) is 3.19. The zero-order valence-electron chi connectivity index (χ0n) is 11.0. The molecule has 0 bridgehead atoms. The molecule has 0 saturated heterocycles. The van der Waals surface area contributed by atoms with Crippen LogP contribution < -0.4 is 5.32 Å². The highest BCUT2D eigenvalue weighted by molar-refractivity contribution is 5.77. The quantitative estimate of drug-likeness (QED) is 0.797. The van der Waals surface area contributed by atoms with E-state index in [1.54, 1.807) is 25.1 Å². The van der Waals surface area contributed by atoms with Crippen molar-refractivity contribution < 1.29 is 14.7 Å². The van der Waals surface area contributed by atoms with Gasteiger partial charge in [0.15, 0.2) is 5.82 Å². The van der Waals surface area contributed by atoms with Gasteiger partial charge in [0.2, 0.25) is 0 Å². The van der Waals surface area contributed by atoms with Gasteiger partial charge in [-0.05, 0) is 13.8 Å². The van der Waals surface area contributed by atoms with Crippen molar-refractivity contribution in [3.05, 3.63) is 12.2 Å². The van der Waals surface area contributed by atoms with Crippen LogP contribution in [0.1, 0.15) is 19.7 Å². The van der Waals surface area contributed by atoms with Crippen molar-refractivity contribution in [1.82, 2.24) is 25.0 Å². The number of carboxylic acids is 1. The van der Waals surface area contributed by atoms with Crippen molar-refractivity contribution in [2.75, 3.05) is 13.1 Å². The van der Waals surface area contributed by atoms with E-state index in [2.05, 4.69) is 15.5 Å². The molecule has 8 nitrogen and oxygen atoms in total. The second-order valence-corrected chi connectivity index (χ2v) is 5.21. The van der Waals surface area contributed by atoms with Crippen LogP contribution in [-0.4, -0.2) is 49.9 Å². The van der Waals surface area contributed by atoms with Gasteiger partial charge in [0.05, 0.1) is 12.0 Å². The monoisotopic (exact) mass is 267 g/mol. The van der Waals surface area contributed by atoms with Crippen LogP contribution in [0, 0.1) is 5.41 Å². The molecule has 0 saturated carbocycles. The van der Waals surface area contributed by atoms with Crippen molar-refractivity contribution in [1.29, 1.82) is 0 Å². The van der Waals surface area contributed by atoms with Crippen LogP contribution in [0.15, 0.2) is 6.33 Å². The van der Waals surface area contributed by atoms with Crippen LogP contribution in [0.25, 0.3) is 0 Å². The molecule has 0 atom stereocenters. The summed E-state index contributed by atoms with van der Waals surface area (Å²) in [4.78, 5) is 24.5. The number of hydrogen-bond donors (Lipinski definition) is 2. The fourth-order valence-corrected chi connectivity index (χ4v) is 1.72. The Bertz CT molecular complexity index is 496. The fourth-order valence-electron chi connectivity index (χ4n) is 1.72. The van der Waals surface area contributed by atoms with Crippen LogP contribution in [-0.2, 0) is 17.9 Å². The molecule has 0 spiro atoms. The van der Waals surface area contributed by atoms with Crippen LogP contribution >= 0.6 is 0 Å². The summed E-state index contributed by atoms with van der Waals surface area (Å²) in [5.74, 6) is -0.204. The van der Waals surface area contributed by atoms with E-state index < -0.39 is 11.4 Å². The zero-order chi connectivity index (χ0) is 14.0. The Balaban J connectivity index is 1.90. The predicted octanol–water partition coefficient (Wildman–Crippen LogP) is -0.0859. The van der Waals surface area contributed by atoms with E-state index in [-0.39, 0.29) is 12.6 Å². The van der Waals surface area contributed by atoms with E-state index in [0.717, 1.165) is 5.82 Å². The zero-order valence-corrected chi connectivity index (χ0v) is 11.0. The maximum Gasteiger partial charge on any atom is 0.317 e. The van der Waals surface area contributed by atoms with E-state index in [0.29, 0.717) is 19.6 Å². The number of aliphatic carboxylic acids is 1. The number of amides is 2. The number of hydrogen-bond acceptors (Lipinski definition) is 4. The maximum absolute atomic E-state index is 12.0. The number of rotatable bonds is 3. The van der Waals surface area contributed by atoms with Crippen molar-refractivity contribution in [2.45, 2.75) is 26.9 Å². The normalized spacial score (nSPS) is 14.9. The van der Waals surface area contributed by atoms with Crippen molar-refractivity contribution >= 4 is 12.0 Å². The van der Waals surface area contributed by atoms with Gasteiger partial charge in [-0.1, -0.05) is 0 Å². The van der Waals surface area contributed by atoms with E-state index in [4.69, 9.17) is 5.11 Å². The first-order valence-corrected chi connectivity index (χ1v) is 6.03. The van der Waals surface area contributed by atoms with Gasteiger partial charge in [0.1, 0.15) is 6.33 Å². The largest absolute Gasteiger partial charge is 0.481 e. The van der Waals surface area contributed by atoms with E-state index in [9.17, 15) is 9.59 Å². The third-order valence-electron chi connectivity index (χ3n) is 3.19. The van der Waals surface area contributed by atoms with Gasteiger partial charge in [-0.25, -0.2) is 4.79 Å². The number of carboxylic acid groups (broad SMARTS) is 1. The number of nitrogens with one attached hydrogen (secondary N) is 1. The number of nitrogens with zero attached hydrogens (tertiary/aromatic N) is 4. The maximum atomic E-state index is 12.0. The Hall–Kier alpha value is -2.12. The van der Waals surface area contributed by atoms with Gasteiger partial charge < -0.3 is 19.9 Å². The molecule has 104 valence electrons. The standard InChI is InChI=1S/C11H17N5O3/c1-11(2,9(17)18)6-12-10(19)15-3-4-16-7-13-14-8(16)5-15/h7H,3-6H2,1-2H3,(H,12,19)(H,17,18). The average molecular weight is 267 g/mol. The van der Waals surface area contributed by atoms with Crippen LogP contribution in [0.5, 0.6) is 0 Å². The molecule has 1 aromatic rings. The molecule has 2 amide bonds. The summed E-state index contributed by atoms with van der Waals surface area (Å²) in [6.45, 7) is 4.83.